The first-order valence-electron chi connectivity index (χ1n) is 9.98. The molecule has 0 aromatic heterocycles. The van der Waals surface area contributed by atoms with Crippen LogP contribution >= 0.6 is 0 Å². The molecule has 5 heteroatoms. The van der Waals surface area contributed by atoms with E-state index >= 15 is 0 Å². The van der Waals surface area contributed by atoms with Crippen molar-refractivity contribution in [3.63, 3.8) is 0 Å². The van der Waals surface area contributed by atoms with Crippen LogP contribution in [-0.4, -0.2) is 16.1 Å². The topological polar surface area (TPSA) is 95.6 Å². The van der Waals surface area contributed by atoms with E-state index in [2.05, 4.69) is 5.43 Å². The number of rotatable bonds is 4. The third kappa shape index (κ3) is 4.10. The van der Waals surface area contributed by atoms with E-state index in [4.69, 9.17) is 5.84 Å². The smallest absolute Gasteiger partial charge is 0.248 e. The number of carbonyl (C=O) groups excluding carboxylic acids is 1. The van der Waals surface area contributed by atoms with Crippen LogP contribution in [0.5, 0.6) is 11.5 Å². The predicted molar refractivity (Wildman–Crippen MR) is 117 cm³/mol. The Hall–Kier alpha value is -2.53. The highest BCUT2D eigenvalue weighted by molar-refractivity contribution is 5.92. The van der Waals surface area contributed by atoms with Crippen LogP contribution in [0.15, 0.2) is 36.4 Å². The van der Waals surface area contributed by atoms with Crippen LogP contribution in [-0.2, 0) is 21.0 Å². The second-order valence-corrected chi connectivity index (χ2v) is 9.70. The van der Waals surface area contributed by atoms with E-state index in [0.29, 0.717) is 6.42 Å². The van der Waals surface area contributed by atoms with E-state index in [1.54, 1.807) is 24.3 Å². The Morgan fingerprint density at radius 1 is 0.862 bits per heavy atom. The molecule has 5 nitrogen and oxygen atoms in total. The van der Waals surface area contributed by atoms with Crippen LogP contribution in [0.1, 0.15) is 77.1 Å². The molecule has 0 aliphatic rings. The van der Waals surface area contributed by atoms with Gasteiger partial charge in [-0.05, 0) is 51.6 Å². The van der Waals surface area contributed by atoms with Crippen molar-refractivity contribution in [2.75, 3.05) is 0 Å². The Bertz CT molecular complexity index is 842. The van der Waals surface area contributed by atoms with Crippen LogP contribution in [0, 0.1) is 0 Å². The highest BCUT2D eigenvalue weighted by Crippen LogP contribution is 2.42. The van der Waals surface area contributed by atoms with Gasteiger partial charge in [0, 0.05) is 0 Å². The first-order chi connectivity index (χ1) is 13.3. The molecule has 2 rings (SSSR count). The zero-order chi connectivity index (χ0) is 22.2. The van der Waals surface area contributed by atoms with Gasteiger partial charge in [0.05, 0.1) is 5.41 Å². The van der Waals surface area contributed by atoms with Crippen molar-refractivity contribution in [1.82, 2.24) is 5.43 Å². The molecule has 2 aromatic carbocycles. The maximum absolute atomic E-state index is 13.2. The van der Waals surface area contributed by atoms with Gasteiger partial charge in [0.15, 0.2) is 0 Å². The molecule has 0 saturated heterocycles. The number of hydrazine groups is 1. The SMILES string of the molecule is CCC(C(=O)NN)(c1ccc(O)c(C(C)(C)C)c1)c1ccc(O)c(C(C)(C)C)c1. The lowest BCUT2D eigenvalue weighted by Crippen LogP contribution is -2.48. The number of carbonyl (C=O) groups is 1. The largest absolute Gasteiger partial charge is 0.508 e. The molecule has 5 N–H and O–H groups in total. The monoisotopic (exact) mass is 398 g/mol. The molecule has 1 amide bonds. The fourth-order valence-electron chi connectivity index (χ4n) is 3.93. The van der Waals surface area contributed by atoms with Gasteiger partial charge in [-0.3, -0.25) is 10.2 Å². The molecule has 0 fully saturated rings. The van der Waals surface area contributed by atoms with E-state index in [0.717, 1.165) is 22.3 Å². The Morgan fingerprint density at radius 2 is 1.24 bits per heavy atom. The summed E-state index contributed by atoms with van der Waals surface area (Å²) in [6.45, 7) is 14.0. The van der Waals surface area contributed by atoms with Crippen LogP contribution < -0.4 is 11.3 Å². The molecule has 2 aromatic rings. The third-order valence-corrected chi connectivity index (χ3v) is 5.64. The van der Waals surface area contributed by atoms with Crippen molar-refractivity contribution in [3.8, 4) is 11.5 Å². The van der Waals surface area contributed by atoms with Gasteiger partial charge >= 0.3 is 0 Å². The van der Waals surface area contributed by atoms with Crippen LogP contribution in [0.2, 0.25) is 0 Å². The van der Waals surface area contributed by atoms with Crippen molar-refractivity contribution in [2.24, 2.45) is 5.84 Å². The molecule has 0 spiro atoms. The first-order valence-corrected chi connectivity index (χ1v) is 9.98. The van der Waals surface area contributed by atoms with Gasteiger partial charge in [-0.15, -0.1) is 0 Å². The number of aromatic hydroxyl groups is 2. The molecular formula is C24H34N2O3. The summed E-state index contributed by atoms with van der Waals surface area (Å²) in [6.07, 6.45) is 0.457. The van der Waals surface area contributed by atoms with Gasteiger partial charge in [-0.2, -0.15) is 0 Å². The van der Waals surface area contributed by atoms with Gasteiger partial charge in [0.25, 0.3) is 0 Å². The second kappa shape index (κ2) is 7.71. The summed E-state index contributed by atoms with van der Waals surface area (Å²) in [5.41, 5.74) is 3.68. The van der Waals surface area contributed by atoms with Gasteiger partial charge in [-0.25, -0.2) is 5.84 Å². The van der Waals surface area contributed by atoms with E-state index in [1.165, 1.54) is 0 Å². The normalized spacial score (nSPS) is 12.7. The predicted octanol–water partition coefficient (Wildman–Crippen LogP) is 4.38. The highest BCUT2D eigenvalue weighted by atomic mass is 16.3. The molecule has 0 unspecified atom stereocenters. The van der Waals surface area contributed by atoms with E-state index in [-0.39, 0.29) is 28.2 Å². The molecule has 158 valence electrons. The van der Waals surface area contributed by atoms with Crippen LogP contribution in [0.4, 0.5) is 0 Å². The summed E-state index contributed by atoms with van der Waals surface area (Å²) in [4.78, 5) is 13.2. The van der Waals surface area contributed by atoms with Crippen LogP contribution in [0.25, 0.3) is 0 Å². The van der Waals surface area contributed by atoms with Crippen molar-refractivity contribution in [3.05, 3.63) is 58.7 Å². The summed E-state index contributed by atoms with van der Waals surface area (Å²) in [5.74, 6) is 5.67. The van der Waals surface area contributed by atoms with Crippen LogP contribution in [0.3, 0.4) is 0 Å². The second-order valence-electron chi connectivity index (χ2n) is 9.70. The summed E-state index contributed by atoms with van der Waals surface area (Å²) in [7, 11) is 0. The first kappa shape index (κ1) is 22.8. The zero-order valence-electron chi connectivity index (χ0n) is 18.6. The van der Waals surface area contributed by atoms with E-state index in [1.807, 2.05) is 60.6 Å². The zero-order valence-corrected chi connectivity index (χ0v) is 18.6. The van der Waals surface area contributed by atoms with Gasteiger partial charge < -0.3 is 10.2 Å². The standard InChI is InChI=1S/C24H34N2O3/c1-8-24(21(29)26-25,15-9-11-19(27)17(13-15)22(2,3)4)16-10-12-20(28)18(14-16)23(5,6)7/h9-14,27-28H,8,25H2,1-7H3,(H,26,29). The third-order valence-electron chi connectivity index (χ3n) is 5.64. The molecular weight excluding hydrogens is 364 g/mol. The van der Waals surface area contributed by atoms with Crippen molar-refractivity contribution in [2.45, 2.75) is 71.1 Å². The molecule has 0 aliphatic carbocycles. The number of amides is 1. The molecule has 0 atom stereocenters. The quantitative estimate of drug-likeness (QED) is 0.349. The Kier molecular flexibility index (Phi) is 6.05. The Labute approximate surface area is 173 Å². The molecule has 0 bridgehead atoms. The molecule has 0 radical (unpaired) electrons. The minimum absolute atomic E-state index is 0.195. The highest BCUT2D eigenvalue weighted by Gasteiger charge is 2.41. The minimum atomic E-state index is -1.06. The maximum atomic E-state index is 13.2. The fraction of sp³-hybridized carbons (Fsp3) is 0.458. The number of benzene rings is 2. The van der Waals surface area contributed by atoms with E-state index < -0.39 is 5.41 Å². The Balaban J connectivity index is 2.87. The maximum Gasteiger partial charge on any atom is 0.248 e. The molecule has 0 aliphatic heterocycles. The molecule has 29 heavy (non-hydrogen) atoms. The summed E-state index contributed by atoms with van der Waals surface area (Å²) in [5, 5.41) is 20.8. The average molecular weight is 399 g/mol. The number of nitrogens with two attached hydrogens (primary N) is 1. The lowest BCUT2D eigenvalue weighted by atomic mass is 9.69. The minimum Gasteiger partial charge on any atom is -0.508 e. The van der Waals surface area contributed by atoms with Crippen molar-refractivity contribution in [1.29, 1.82) is 0 Å². The summed E-state index contributed by atoms with van der Waals surface area (Å²) >= 11 is 0. The summed E-state index contributed by atoms with van der Waals surface area (Å²) in [6, 6.07) is 10.6. The van der Waals surface area contributed by atoms with Gasteiger partial charge in [0.2, 0.25) is 5.91 Å². The lowest BCUT2D eigenvalue weighted by molar-refractivity contribution is -0.125. The number of hydrogen-bond acceptors (Lipinski definition) is 4. The van der Waals surface area contributed by atoms with Crippen molar-refractivity contribution < 1.29 is 15.0 Å². The lowest BCUT2D eigenvalue weighted by Gasteiger charge is -2.34. The van der Waals surface area contributed by atoms with Gasteiger partial charge in [0.1, 0.15) is 11.5 Å². The van der Waals surface area contributed by atoms with Crippen molar-refractivity contribution >= 4 is 5.91 Å². The number of nitrogens with one attached hydrogen (secondary N) is 1. The average Bonchev–Trinajstić information content (AvgIpc) is 2.62. The number of phenolic OH excluding ortho intramolecular Hbond substituents is 2. The van der Waals surface area contributed by atoms with Gasteiger partial charge in [-0.1, -0.05) is 72.7 Å². The number of phenols is 2. The fourth-order valence-corrected chi connectivity index (χ4v) is 3.93. The van der Waals surface area contributed by atoms with E-state index in [9.17, 15) is 15.0 Å². The summed E-state index contributed by atoms with van der Waals surface area (Å²) < 4.78 is 0. The Morgan fingerprint density at radius 3 is 1.52 bits per heavy atom. The molecule has 0 heterocycles. The number of hydrogen-bond donors (Lipinski definition) is 4. The molecule has 0 saturated carbocycles.